The molecular weight excluding hydrogens is 250 g/mol. The van der Waals surface area contributed by atoms with Crippen molar-refractivity contribution in [1.82, 2.24) is 4.90 Å². The summed E-state index contributed by atoms with van der Waals surface area (Å²) in [6, 6.07) is 8.49. The lowest BCUT2D eigenvalue weighted by Crippen LogP contribution is -2.35. The van der Waals surface area contributed by atoms with Gasteiger partial charge in [-0.1, -0.05) is 30.2 Å². The maximum absolute atomic E-state index is 12.2. The van der Waals surface area contributed by atoms with Gasteiger partial charge in [-0.15, -0.1) is 0 Å². The van der Waals surface area contributed by atoms with Crippen LogP contribution in [0.15, 0.2) is 24.3 Å². The molecule has 0 N–H and O–H groups in total. The molecule has 0 fully saturated rings. The molecule has 0 spiro atoms. The van der Waals surface area contributed by atoms with Crippen molar-refractivity contribution in [3.05, 3.63) is 35.4 Å². The van der Waals surface area contributed by atoms with Gasteiger partial charge in [0.05, 0.1) is 12.6 Å². The Morgan fingerprint density at radius 1 is 1.45 bits per heavy atom. The van der Waals surface area contributed by atoms with Crippen LogP contribution in [-0.4, -0.2) is 30.6 Å². The van der Waals surface area contributed by atoms with Crippen LogP contribution in [0.25, 0.3) is 0 Å². The number of carbonyl (C=O) groups is 1. The van der Waals surface area contributed by atoms with Crippen LogP contribution < -0.4 is 0 Å². The van der Waals surface area contributed by atoms with Crippen molar-refractivity contribution in [1.29, 1.82) is 0 Å². The van der Waals surface area contributed by atoms with E-state index in [4.69, 9.17) is 4.74 Å². The third kappa shape index (κ3) is 3.20. The molecule has 0 aliphatic heterocycles. The smallest absolute Gasteiger partial charge is 0.299 e. The van der Waals surface area contributed by atoms with E-state index in [1.165, 1.54) is 11.1 Å². The Bertz CT molecular complexity index is 527. The van der Waals surface area contributed by atoms with E-state index in [1.807, 2.05) is 17.9 Å². The first-order valence-corrected chi connectivity index (χ1v) is 7.16. The Hall–Kier alpha value is -1.79. The number of hydrogen-bond acceptors (Lipinski definition) is 2. The van der Waals surface area contributed by atoms with Gasteiger partial charge in [0.1, 0.15) is 0 Å². The number of ether oxygens (including phenoxy) is 1. The van der Waals surface area contributed by atoms with E-state index in [-0.39, 0.29) is 11.9 Å². The van der Waals surface area contributed by atoms with Gasteiger partial charge < -0.3 is 9.64 Å². The normalized spacial score (nSPS) is 16.2. The van der Waals surface area contributed by atoms with E-state index in [1.54, 1.807) is 6.92 Å². The molecule has 0 radical (unpaired) electrons. The van der Waals surface area contributed by atoms with E-state index in [2.05, 4.69) is 30.0 Å². The van der Waals surface area contributed by atoms with Crippen molar-refractivity contribution in [3.63, 3.8) is 0 Å². The first-order valence-electron chi connectivity index (χ1n) is 7.16. The third-order valence-electron chi connectivity index (χ3n) is 3.65. The molecule has 1 atom stereocenters. The third-order valence-corrected chi connectivity index (χ3v) is 3.65. The fourth-order valence-corrected chi connectivity index (χ4v) is 2.74. The zero-order valence-corrected chi connectivity index (χ0v) is 12.2. The Kier molecular flexibility index (Phi) is 5.20. The van der Waals surface area contributed by atoms with Crippen LogP contribution in [0.3, 0.4) is 0 Å². The Balaban J connectivity index is 2.18. The monoisotopic (exact) mass is 271 g/mol. The maximum Gasteiger partial charge on any atom is 0.299 e. The van der Waals surface area contributed by atoms with Gasteiger partial charge in [0.25, 0.3) is 5.91 Å². The average Bonchev–Trinajstić information content (AvgIpc) is 2.88. The average molecular weight is 271 g/mol. The fraction of sp³-hybridized carbons (Fsp3) is 0.471. The summed E-state index contributed by atoms with van der Waals surface area (Å²) in [5, 5.41) is 0. The predicted octanol–water partition coefficient (Wildman–Crippen LogP) is 2.56. The molecule has 0 saturated carbocycles. The number of carbonyl (C=O) groups excluding carboxylic acids is 1. The summed E-state index contributed by atoms with van der Waals surface area (Å²) >= 11 is 0. The summed E-state index contributed by atoms with van der Waals surface area (Å²) in [6.07, 6.45) is 2.00. The Morgan fingerprint density at radius 3 is 3.00 bits per heavy atom. The summed E-state index contributed by atoms with van der Waals surface area (Å²) in [6.45, 7) is 5.49. The van der Waals surface area contributed by atoms with E-state index in [0.29, 0.717) is 19.8 Å². The number of amides is 1. The molecule has 1 amide bonds. The second-order valence-corrected chi connectivity index (χ2v) is 4.82. The van der Waals surface area contributed by atoms with Crippen molar-refractivity contribution < 1.29 is 9.53 Å². The lowest BCUT2D eigenvalue weighted by atomic mass is 10.1. The van der Waals surface area contributed by atoms with Crippen LogP contribution in [0.5, 0.6) is 0 Å². The van der Waals surface area contributed by atoms with Crippen molar-refractivity contribution in [3.8, 4) is 11.8 Å². The number of rotatable bonds is 5. The van der Waals surface area contributed by atoms with Gasteiger partial charge in [-0.3, -0.25) is 4.79 Å². The van der Waals surface area contributed by atoms with Gasteiger partial charge in [0.15, 0.2) is 0 Å². The first-order chi connectivity index (χ1) is 9.77. The van der Waals surface area contributed by atoms with Crippen molar-refractivity contribution >= 4 is 5.91 Å². The highest BCUT2D eigenvalue weighted by molar-refractivity contribution is 5.93. The summed E-state index contributed by atoms with van der Waals surface area (Å²) < 4.78 is 5.40. The second kappa shape index (κ2) is 7.12. The summed E-state index contributed by atoms with van der Waals surface area (Å²) in [7, 11) is 0. The molecule has 106 valence electrons. The number of nitrogens with zero attached hydrogens (tertiary/aromatic N) is 1. The molecular formula is C17H21NO2. The molecule has 3 heteroatoms. The number of aryl methyl sites for hydroxylation is 1. The van der Waals surface area contributed by atoms with Gasteiger partial charge in [-0.05, 0) is 43.7 Å². The Morgan fingerprint density at radius 2 is 2.25 bits per heavy atom. The van der Waals surface area contributed by atoms with Crippen molar-refractivity contribution in [2.75, 3.05) is 19.8 Å². The minimum atomic E-state index is -0.103. The van der Waals surface area contributed by atoms with E-state index in [0.717, 1.165) is 12.8 Å². The standard InChI is InChI=1S/C17H21NO2/c1-3-7-17(19)18(12-13-20-4-2)16-11-10-14-8-5-6-9-15(14)16/h5-6,8-9,16H,4,10-13H2,1-2H3. The van der Waals surface area contributed by atoms with Crippen molar-refractivity contribution in [2.45, 2.75) is 32.7 Å². The molecule has 0 heterocycles. The molecule has 0 saturated heterocycles. The largest absolute Gasteiger partial charge is 0.380 e. The molecule has 1 aromatic carbocycles. The lowest BCUT2D eigenvalue weighted by Gasteiger charge is -2.28. The molecule has 0 bridgehead atoms. The highest BCUT2D eigenvalue weighted by Gasteiger charge is 2.29. The highest BCUT2D eigenvalue weighted by atomic mass is 16.5. The molecule has 1 aliphatic carbocycles. The predicted molar refractivity (Wildman–Crippen MR) is 79.2 cm³/mol. The van der Waals surface area contributed by atoms with Gasteiger partial charge in [-0.2, -0.15) is 0 Å². The van der Waals surface area contributed by atoms with Crippen LogP contribution in [0.4, 0.5) is 0 Å². The second-order valence-electron chi connectivity index (χ2n) is 4.82. The minimum absolute atomic E-state index is 0.103. The molecule has 3 nitrogen and oxygen atoms in total. The highest BCUT2D eigenvalue weighted by Crippen LogP contribution is 2.35. The molecule has 0 aromatic heterocycles. The lowest BCUT2D eigenvalue weighted by molar-refractivity contribution is -0.128. The van der Waals surface area contributed by atoms with Crippen LogP contribution in [0.2, 0.25) is 0 Å². The zero-order valence-electron chi connectivity index (χ0n) is 12.2. The zero-order chi connectivity index (χ0) is 14.4. The fourth-order valence-electron chi connectivity index (χ4n) is 2.74. The molecule has 1 unspecified atom stereocenters. The van der Waals surface area contributed by atoms with Gasteiger partial charge in [0, 0.05) is 13.2 Å². The molecule has 1 aliphatic rings. The number of fused-ring (bicyclic) bond motifs is 1. The molecule has 2 rings (SSSR count). The van der Waals surface area contributed by atoms with Crippen LogP contribution in [-0.2, 0) is 16.0 Å². The maximum atomic E-state index is 12.2. The van der Waals surface area contributed by atoms with E-state index >= 15 is 0 Å². The molecule has 20 heavy (non-hydrogen) atoms. The number of benzene rings is 1. The summed E-state index contributed by atoms with van der Waals surface area (Å²) in [4.78, 5) is 14.1. The van der Waals surface area contributed by atoms with E-state index in [9.17, 15) is 4.79 Å². The van der Waals surface area contributed by atoms with E-state index < -0.39 is 0 Å². The summed E-state index contributed by atoms with van der Waals surface area (Å²) in [5.41, 5.74) is 2.60. The van der Waals surface area contributed by atoms with Crippen molar-refractivity contribution in [2.24, 2.45) is 0 Å². The van der Waals surface area contributed by atoms with Gasteiger partial charge >= 0.3 is 0 Å². The van der Waals surface area contributed by atoms with Crippen LogP contribution in [0, 0.1) is 11.8 Å². The quantitative estimate of drug-likeness (QED) is 0.608. The molecule has 1 aromatic rings. The Labute approximate surface area is 120 Å². The number of hydrogen-bond donors (Lipinski definition) is 0. The van der Waals surface area contributed by atoms with Gasteiger partial charge in [0.2, 0.25) is 0 Å². The summed E-state index contributed by atoms with van der Waals surface area (Å²) in [5.74, 6) is 5.26. The topological polar surface area (TPSA) is 29.5 Å². The minimum Gasteiger partial charge on any atom is -0.380 e. The SMILES string of the molecule is CC#CC(=O)N(CCOCC)C1CCc2ccccc21. The first kappa shape index (κ1) is 14.6. The van der Waals surface area contributed by atoms with Gasteiger partial charge in [-0.25, -0.2) is 0 Å². The van der Waals surface area contributed by atoms with Crippen LogP contribution in [0.1, 0.15) is 37.4 Å². The van der Waals surface area contributed by atoms with Crippen LogP contribution >= 0.6 is 0 Å².